The van der Waals surface area contributed by atoms with Gasteiger partial charge in [-0.05, 0) is 13.8 Å². The van der Waals surface area contributed by atoms with Crippen molar-refractivity contribution in [3.8, 4) is 0 Å². The van der Waals surface area contributed by atoms with E-state index in [0.29, 0.717) is 13.1 Å². The van der Waals surface area contributed by atoms with Gasteiger partial charge in [-0.15, -0.1) is 0 Å². The minimum absolute atomic E-state index is 0.00410. The predicted octanol–water partition coefficient (Wildman–Crippen LogP) is -1.26. The number of hydrogen-bond acceptors (Lipinski definition) is 5. The average molecular weight is 268 g/mol. The summed E-state index contributed by atoms with van der Waals surface area (Å²) in [4.78, 5) is 11.4. The number of rotatable bonds is 8. The van der Waals surface area contributed by atoms with Gasteiger partial charge in [0.15, 0.2) is 0 Å². The molecule has 7 nitrogen and oxygen atoms in total. The Balaban J connectivity index is 4.01. The van der Waals surface area contributed by atoms with Gasteiger partial charge in [-0.2, -0.15) is 8.42 Å². The molecule has 0 fully saturated rings. The van der Waals surface area contributed by atoms with E-state index < -0.39 is 21.4 Å². The van der Waals surface area contributed by atoms with Crippen molar-refractivity contribution in [1.82, 2.24) is 10.6 Å². The molecule has 0 atom stereocenters. The van der Waals surface area contributed by atoms with Gasteiger partial charge in [0.05, 0.1) is 17.9 Å². The van der Waals surface area contributed by atoms with E-state index in [2.05, 4.69) is 10.6 Å². The lowest BCUT2D eigenvalue weighted by Gasteiger charge is -2.24. The third-order valence-electron chi connectivity index (χ3n) is 1.84. The topological polar surface area (TPSA) is 116 Å². The van der Waals surface area contributed by atoms with Gasteiger partial charge in [0.1, 0.15) is 0 Å². The first-order chi connectivity index (χ1) is 7.66. The van der Waals surface area contributed by atoms with E-state index in [1.54, 1.807) is 0 Å². The molecule has 0 aliphatic heterocycles. The summed E-state index contributed by atoms with van der Waals surface area (Å²) < 4.78 is 30.1. The van der Waals surface area contributed by atoms with Crippen molar-refractivity contribution in [2.45, 2.75) is 25.8 Å². The second-order valence-electron chi connectivity index (χ2n) is 4.38. The fourth-order valence-corrected chi connectivity index (χ4v) is 2.32. The van der Waals surface area contributed by atoms with Crippen molar-refractivity contribution in [2.24, 2.45) is 0 Å². The summed E-state index contributed by atoms with van der Waals surface area (Å²) in [6.45, 7) is 3.82. The Kier molecular flexibility index (Phi) is 6.61. The molecule has 0 aromatic rings. The lowest BCUT2D eigenvalue weighted by molar-refractivity contribution is -0.122. The van der Waals surface area contributed by atoms with Gasteiger partial charge >= 0.3 is 0 Å². The van der Waals surface area contributed by atoms with E-state index in [9.17, 15) is 13.2 Å². The zero-order chi connectivity index (χ0) is 13.5. The molecule has 0 spiro atoms. The van der Waals surface area contributed by atoms with E-state index in [1.165, 1.54) is 13.8 Å². The molecule has 17 heavy (non-hydrogen) atoms. The molecule has 0 bridgehead atoms. The predicted molar refractivity (Wildman–Crippen MR) is 63.2 cm³/mol. The SMILES string of the molecule is CC(C)(CS(=O)(=O)O)NC(=O)CCNCCO. The van der Waals surface area contributed by atoms with Crippen molar-refractivity contribution < 1.29 is 22.9 Å². The van der Waals surface area contributed by atoms with Gasteiger partial charge in [-0.3, -0.25) is 9.35 Å². The van der Waals surface area contributed by atoms with Gasteiger partial charge in [0.25, 0.3) is 10.1 Å². The van der Waals surface area contributed by atoms with Gasteiger partial charge < -0.3 is 15.7 Å². The minimum atomic E-state index is -4.12. The number of carbonyl (C=O) groups excluding carboxylic acids is 1. The maximum Gasteiger partial charge on any atom is 0.267 e. The summed E-state index contributed by atoms with van der Waals surface area (Å²) in [7, 11) is -4.12. The average Bonchev–Trinajstić information content (AvgIpc) is 2.07. The molecule has 0 saturated heterocycles. The van der Waals surface area contributed by atoms with E-state index in [4.69, 9.17) is 9.66 Å². The first kappa shape index (κ1) is 16.3. The molecule has 102 valence electrons. The Morgan fingerprint density at radius 1 is 1.29 bits per heavy atom. The van der Waals surface area contributed by atoms with Crippen molar-refractivity contribution >= 4 is 16.0 Å². The maximum absolute atomic E-state index is 11.4. The highest BCUT2D eigenvalue weighted by atomic mass is 32.2. The first-order valence-corrected chi connectivity index (χ1v) is 6.85. The van der Waals surface area contributed by atoms with Crippen LogP contribution in [0.2, 0.25) is 0 Å². The van der Waals surface area contributed by atoms with Crippen LogP contribution < -0.4 is 10.6 Å². The third kappa shape index (κ3) is 10.2. The molecule has 0 heterocycles. The van der Waals surface area contributed by atoms with Crippen molar-refractivity contribution in [3.05, 3.63) is 0 Å². The first-order valence-electron chi connectivity index (χ1n) is 5.24. The Labute approximate surface area is 101 Å². The molecule has 0 aromatic carbocycles. The summed E-state index contributed by atoms with van der Waals surface area (Å²) in [5, 5.41) is 13.8. The molecule has 0 saturated carbocycles. The second kappa shape index (κ2) is 6.90. The van der Waals surface area contributed by atoms with Gasteiger partial charge in [0, 0.05) is 19.5 Å². The summed E-state index contributed by atoms with van der Waals surface area (Å²) >= 11 is 0. The summed E-state index contributed by atoms with van der Waals surface area (Å²) in [6.07, 6.45) is 0.176. The highest BCUT2D eigenvalue weighted by Crippen LogP contribution is 2.05. The van der Waals surface area contributed by atoms with E-state index in [0.717, 1.165) is 0 Å². The van der Waals surface area contributed by atoms with Gasteiger partial charge in [-0.25, -0.2) is 0 Å². The van der Waals surface area contributed by atoms with Crippen LogP contribution in [0.1, 0.15) is 20.3 Å². The zero-order valence-corrected chi connectivity index (χ0v) is 10.9. The number of carbonyl (C=O) groups is 1. The van der Waals surface area contributed by atoms with Crippen LogP contribution in [0.25, 0.3) is 0 Å². The fraction of sp³-hybridized carbons (Fsp3) is 0.889. The zero-order valence-electron chi connectivity index (χ0n) is 10.1. The molecular weight excluding hydrogens is 248 g/mol. The summed E-state index contributed by atoms with van der Waals surface area (Å²) in [5.74, 6) is -0.848. The van der Waals surface area contributed by atoms with Crippen LogP contribution >= 0.6 is 0 Å². The number of hydrogen-bond donors (Lipinski definition) is 4. The van der Waals surface area contributed by atoms with Crippen LogP contribution in [0.15, 0.2) is 0 Å². The Hall–Kier alpha value is -0.700. The lowest BCUT2D eigenvalue weighted by Crippen LogP contribution is -2.48. The standard InChI is InChI=1S/C9H20N2O5S/c1-9(2,7-17(14,15)16)11-8(13)3-4-10-5-6-12/h10,12H,3-7H2,1-2H3,(H,11,13)(H,14,15,16). The monoisotopic (exact) mass is 268 g/mol. The lowest BCUT2D eigenvalue weighted by atomic mass is 10.1. The maximum atomic E-state index is 11.4. The van der Waals surface area contributed by atoms with Crippen LogP contribution in [0.4, 0.5) is 0 Å². The number of amides is 1. The quantitative estimate of drug-likeness (QED) is 0.322. The Bertz CT molecular complexity index is 339. The van der Waals surface area contributed by atoms with Crippen LogP contribution in [-0.2, 0) is 14.9 Å². The van der Waals surface area contributed by atoms with Crippen LogP contribution in [0, 0.1) is 0 Å². The molecule has 0 aromatic heterocycles. The molecule has 0 radical (unpaired) electrons. The molecule has 0 unspecified atom stereocenters. The van der Waals surface area contributed by atoms with Crippen LogP contribution in [0.3, 0.4) is 0 Å². The minimum Gasteiger partial charge on any atom is -0.395 e. The van der Waals surface area contributed by atoms with Crippen molar-refractivity contribution in [1.29, 1.82) is 0 Å². The summed E-state index contributed by atoms with van der Waals surface area (Å²) in [5.41, 5.74) is -1.01. The molecule has 0 aliphatic carbocycles. The normalized spacial score (nSPS) is 12.5. The van der Waals surface area contributed by atoms with Crippen molar-refractivity contribution in [3.63, 3.8) is 0 Å². The number of aliphatic hydroxyl groups is 1. The Morgan fingerprint density at radius 2 is 1.88 bits per heavy atom. The van der Waals surface area contributed by atoms with Crippen molar-refractivity contribution in [2.75, 3.05) is 25.4 Å². The molecule has 1 amide bonds. The molecule has 8 heteroatoms. The molecule has 0 rings (SSSR count). The number of nitrogens with one attached hydrogen (secondary N) is 2. The molecule has 0 aliphatic rings. The molecule has 4 N–H and O–H groups in total. The van der Waals surface area contributed by atoms with Gasteiger partial charge in [0.2, 0.25) is 5.91 Å². The highest BCUT2D eigenvalue weighted by molar-refractivity contribution is 7.85. The summed E-state index contributed by atoms with van der Waals surface area (Å²) in [6, 6.07) is 0. The second-order valence-corrected chi connectivity index (χ2v) is 5.83. The van der Waals surface area contributed by atoms with Gasteiger partial charge in [-0.1, -0.05) is 0 Å². The van der Waals surface area contributed by atoms with Crippen LogP contribution in [-0.4, -0.2) is 55.0 Å². The van der Waals surface area contributed by atoms with E-state index in [1.807, 2.05) is 0 Å². The number of aliphatic hydroxyl groups excluding tert-OH is 1. The fourth-order valence-electron chi connectivity index (χ4n) is 1.34. The van der Waals surface area contributed by atoms with E-state index >= 15 is 0 Å². The molecular formula is C9H20N2O5S. The van der Waals surface area contributed by atoms with Crippen LogP contribution in [0.5, 0.6) is 0 Å². The van der Waals surface area contributed by atoms with E-state index in [-0.39, 0.29) is 18.9 Å². The largest absolute Gasteiger partial charge is 0.395 e. The third-order valence-corrected chi connectivity index (χ3v) is 2.92. The smallest absolute Gasteiger partial charge is 0.267 e. The Morgan fingerprint density at radius 3 is 2.35 bits per heavy atom. The highest BCUT2D eigenvalue weighted by Gasteiger charge is 2.26.